The first kappa shape index (κ1) is 14.4. The molecular weight excluding hydrogens is 242 g/mol. The van der Waals surface area contributed by atoms with Gasteiger partial charge in [-0.25, -0.2) is 0 Å². The van der Waals surface area contributed by atoms with Gasteiger partial charge in [-0.3, -0.25) is 9.59 Å². The molecule has 108 valence electrons. The molecule has 0 aliphatic heterocycles. The van der Waals surface area contributed by atoms with Crippen LogP contribution in [-0.4, -0.2) is 18.6 Å². The van der Waals surface area contributed by atoms with Gasteiger partial charge in [-0.05, 0) is 25.7 Å². The van der Waals surface area contributed by atoms with Crippen LogP contribution in [-0.2, 0) is 14.3 Å². The molecule has 0 aromatic carbocycles. The first-order valence-corrected chi connectivity index (χ1v) is 7.71. The molecule has 0 aromatic rings. The Labute approximate surface area is 115 Å². The predicted molar refractivity (Wildman–Crippen MR) is 72.3 cm³/mol. The summed E-state index contributed by atoms with van der Waals surface area (Å²) in [7, 11) is 0. The summed E-state index contributed by atoms with van der Waals surface area (Å²) in [5.41, 5.74) is 0. The number of nitrogens with one attached hydrogen (secondary N) is 1. The molecule has 2 aliphatic carbocycles. The topological polar surface area (TPSA) is 55.4 Å². The zero-order valence-electron chi connectivity index (χ0n) is 11.7. The van der Waals surface area contributed by atoms with Gasteiger partial charge in [0.2, 0.25) is 5.91 Å². The summed E-state index contributed by atoms with van der Waals surface area (Å²) in [6, 6.07) is 0. The van der Waals surface area contributed by atoms with E-state index in [2.05, 4.69) is 5.32 Å². The molecule has 0 unspecified atom stereocenters. The molecule has 2 rings (SSSR count). The molecule has 1 amide bonds. The van der Waals surface area contributed by atoms with Crippen LogP contribution in [0.15, 0.2) is 0 Å². The van der Waals surface area contributed by atoms with Crippen molar-refractivity contribution in [1.82, 2.24) is 5.32 Å². The summed E-state index contributed by atoms with van der Waals surface area (Å²) < 4.78 is 5.17. The molecule has 0 radical (unpaired) electrons. The van der Waals surface area contributed by atoms with E-state index >= 15 is 0 Å². The van der Waals surface area contributed by atoms with Crippen LogP contribution < -0.4 is 5.32 Å². The average molecular weight is 267 g/mol. The third kappa shape index (κ3) is 4.51. The van der Waals surface area contributed by atoms with Crippen LogP contribution in [0.25, 0.3) is 0 Å². The summed E-state index contributed by atoms with van der Waals surface area (Å²) >= 11 is 0. The van der Waals surface area contributed by atoms with Crippen LogP contribution >= 0.6 is 0 Å². The largest absolute Gasteiger partial charge is 0.444 e. The van der Waals surface area contributed by atoms with Gasteiger partial charge in [0, 0.05) is 5.92 Å². The van der Waals surface area contributed by atoms with Crippen molar-refractivity contribution in [3.63, 3.8) is 0 Å². The van der Waals surface area contributed by atoms with Gasteiger partial charge in [-0.1, -0.05) is 38.5 Å². The number of carbonyl (C=O) groups is 2. The Hall–Kier alpha value is -1.06. The van der Waals surface area contributed by atoms with Gasteiger partial charge in [-0.15, -0.1) is 0 Å². The molecule has 0 saturated heterocycles. The highest BCUT2D eigenvalue weighted by Crippen LogP contribution is 2.25. The lowest BCUT2D eigenvalue weighted by Crippen LogP contribution is -2.35. The minimum Gasteiger partial charge on any atom is -0.444 e. The van der Waals surface area contributed by atoms with Gasteiger partial charge in [0.25, 0.3) is 0 Å². The summed E-state index contributed by atoms with van der Waals surface area (Å²) in [6.07, 6.45) is 10.8. The Balaban J connectivity index is 1.62. The van der Waals surface area contributed by atoms with Crippen molar-refractivity contribution < 1.29 is 14.3 Å². The minimum absolute atomic E-state index is 0.0463. The first-order chi connectivity index (χ1) is 9.27. The normalized spacial score (nSPS) is 21.9. The predicted octanol–water partition coefficient (Wildman–Crippen LogP) is 2.76. The number of amides is 1. The van der Waals surface area contributed by atoms with Crippen molar-refractivity contribution in [3.8, 4) is 0 Å². The first-order valence-electron chi connectivity index (χ1n) is 7.71. The third-order valence-electron chi connectivity index (χ3n) is 4.38. The molecule has 2 aliphatic rings. The van der Waals surface area contributed by atoms with Gasteiger partial charge >= 0.3 is 5.97 Å². The standard InChI is InChI=1S/C15H25NO3/c17-14(12-7-3-1-4-8-12)16-11-19-15(18)13-9-5-2-6-10-13/h12-13H,1-11H2,(H,16,17). The Bertz CT molecular complexity index is 275. The van der Waals surface area contributed by atoms with E-state index < -0.39 is 0 Å². The number of ether oxygens (including phenoxy) is 1. The average Bonchev–Trinajstić information content (AvgIpc) is 2.49. The highest BCUT2D eigenvalue weighted by atomic mass is 16.5. The SMILES string of the molecule is O=C(NCOC(=O)C1CCCCC1)C1CCCCC1. The molecule has 4 nitrogen and oxygen atoms in total. The Kier molecular flexibility index (Phi) is 5.67. The second-order valence-electron chi connectivity index (χ2n) is 5.82. The number of hydrogen-bond donors (Lipinski definition) is 1. The Morgan fingerprint density at radius 3 is 1.95 bits per heavy atom. The molecule has 0 atom stereocenters. The highest BCUT2D eigenvalue weighted by Gasteiger charge is 2.24. The lowest BCUT2D eigenvalue weighted by Gasteiger charge is -2.22. The highest BCUT2D eigenvalue weighted by molar-refractivity contribution is 5.79. The fraction of sp³-hybridized carbons (Fsp3) is 0.867. The fourth-order valence-electron chi connectivity index (χ4n) is 3.14. The van der Waals surface area contributed by atoms with E-state index in [1.165, 1.54) is 12.8 Å². The summed E-state index contributed by atoms with van der Waals surface area (Å²) in [4.78, 5) is 23.6. The van der Waals surface area contributed by atoms with Crippen LogP contribution in [0.4, 0.5) is 0 Å². The lowest BCUT2D eigenvalue weighted by molar-refractivity contribution is -0.151. The van der Waals surface area contributed by atoms with Crippen LogP contribution in [0.5, 0.6) is 0 Å². The maximum absolute atomic E-state index is 11.9. The molecule has 0 bridgehead atoms. The molecule has 0 heterocycles. The van der Waals surface area contributed by atoms with Gasteiger partial charge in [-0.2, -0.15) is 0 Å². The van der Waals surface area contributed by atoms with E-state index in [-0.39, 0.29) is 30.4 Å². The molecular formula is C15H25NO3. The smallest absolute Gasteiger partial charge is 0.310 e. The number of rotatable bonds is 4. The quantitative estimate of drug-likeness (QED) is 0.629. The Morgan fingerprint density at radius 2 is 1.37 bits per heavy atom. The van der Waals surface area contributed by atoms with E-state index in [0.29, 0.717) is 0 Å². The van der Waals surface area contributed by atoms with Crippen molar-refractivity contribution in [2.45, 2.75) is 64.2 Å². The summed E-state index contributed by atoms with van der Waals surface area (Å²) in [6.45, 7) is 0.0463. The second kappa shape index (κ2) is 7.51. The zero-order chi connectivity index (χ0) is 13.5. The number of carbonyl (C=O) groups excluding carboxylic acids is 2. The molecule has 2 fully saturated rings. The third-order valence-corrected chi connectivity index (χ3v) is 4.38. The van der Waals surface area contributed by atoms with Crippen molar-refractivity contribution in [1.29, 1.82) is 0 Å². The molecule has 2 saturated carbocycles. The van der Waals surface area contributed by atoms with Crippen LogP contribution in [0.2, 0.25) is 0 Å². The molecule has 0 aromatic heterocycles. The number of esters is 1. The van der Waals surface area contributed by atoms with Crippen molar-refractivity contribution in [2.75, 3.05) is 6.73 Å². The lowest BCUT2D eigenvalue weighted by atomic mass is 9.89. The zero-order valence-corrected chi connectivity index (χ0v) is 11.7. The molecule has 0 spiro atoms. The van der Waals surface area contributed by atoms with Crippen molar-refractivity contribution >= 4 is 11.9 Å². The Morgan fingerprint density at radius 1 is 0.842 bits per heavy atom. The van der Waals surface area contributed by atoms with E-state index in [1.54, 1.807) is 0 Å². The number of hydrogen-bond acceptors (Lipinski definition) is 3. The van der Waals surface area contributed by atoms with Crippen LogP contribution in [0.1, 0.15) is 64.2 Å². The maximum Gasteiger partial charge on any atom is 0.310 e. The van der Waals surface area contributed by atoms with Gasteiger partial charge in [0.1, 0.15) is 0 Å². The van der Waals surface area contributed by atoms with E-state index in [0.717, 1.165) is 51.4 Å². The van der Waals surface area contributed by atoms with E-state index in [9.17, 15) is 9.59 Å². The fourth-order valence-corrected chi connectivity index (χ4v) is 3.14. The van der Waals surface area contributed by atoms with E-state index in [1.807, 2.05) is 0 Å². The van der Waals surface area contributed by atoms with Crippen molar-refractivity contribution in [3.05, 3.63) is 0 Å². The summed E-state index contributed by atoms with van der Waals surface area (Å²) in [5.74, 6) is 0.0993. The van der Waals surface area contributed by atoms with Crippen LogP contribution in [0.3, 0.4) is 0 Å². The maximum atomic E-state index is 11.9. The van der Waals surface area contributed by atoms with E-state index in [4.69, 9.17) is 4.74 Å². The molecule has 19 heavy (non-hydrogen) atoms. The molecule has 1 N–H and O–H groups in total. The monoisotopic (exact) mass is 267 g/mol. The molecule has 4 heteroatoms. The second-order valence-corrected chi connectivity index (χ2v) is 5.82. The van der Waals surface area contributed by atoms with Gasteiger partial charge in [0.05, 0.1) is 5.92 Å². The van der Waals surface area contributed by atoms with Gasteiger partial charge < -0.3 is 10.1 Å². The van der Waals surface area contributed by atoms with Crippen molar-refractivity contribution in [2.24, 2.45) is 11.8 Å². The summed E-state index contributed by atoms with van der Waals surface area (Å²) in [5, 5.41) is 2.74. The van der Waals surface area contributed by atoms with Gasteiger partial charge in [0.15, 0.2) is 6.73 Å². The minimum atomic E-state index is -0.136. The van der Waals surface area contributed by atoms with Crippen LogP contribution in [0, 0.1) is 11.8 Å².